The van der Waals surface area contributed by atoms with Gasteiger partial charge in [-0.25, -0.2) is 0 Å². The van der Waals surface area contributed by atoms with Crippen LogP contribution in [0.15, 0.2) is 11.2 Å². The Morgan fingerprint density at radius 1 is 1.53 bits per heavy atom. The third kappa shape index (κ3) is 3.80. The first-order valence-corrected chi connectivity index (χ1v) is 5.47. The Bertz CT molecular complexity index is 392. The number of nitrogens with zero attached hydrogens (tertiary/aromatic N) is 2. The van der Waals surface area contributed by atoms with Gasteiger partial charge in [0.25, 0.3) is 0 Å². The smallest absolute Gasteiger partial charge is 0.145 e. The SMILES string of the molecule is COCCCN=Cc1c(CO)cnc(C)c1O. The molecule has 0 aliphatic heterocycles. The van der Waals surface area contributed by atoms with Gasteiger partial charge in [-0.1, -0.05) is 0 Å². The molecule has 0 bridgehead atoms. The quantitative estimate of drug-likeness (QED) is 0.573. The number of methoxy groups -OCH3 is 1. The van der Waals surface area contributed by atoms with Gasteiger partial charge >= 0.3 is 0 Å². The maximum atomic E-state index is 9.82. The highest BCUT2D eigenvalue weighted by atomic mass is 16.5. The second-order valence-corrected chi connectivity index (χ2v) is 3.67. The van der Waals surface area contributed by atoms with Crippen molar-refractivity contribution in [2.75, 3.05) is 20.3 Å². The molecule has 1 rings (SSSR count). The van der Waals surface area contributed by atoms with Crippen molar-refractivity contribution in [3.05, 3.63) is 23.0 Å². The summed E-state index contributed by atoms with van der Waals surface area (Å²) in [5.74, 6) is 0.0760. The Morgan fingerprint density at radius 2 is 2.29 bits per heavy atom. The summed E-state index contributed by atoms with van der Waals surface area (Å²) in [6, 6.07) is 0. The Kier molecular flexibility index (Phi) is 5.59. The van der Waals surface area contributed by atoms with Crippen molar-refractivity contribution in [2.24, 2.45) is 4.99 Å². The summed E-state index contributed by atoms with van der Waals surface area (Å²) >= 11 is 0. The molecule has 0 unspecified atom stereocenters. The molecule has 0 saturated carbocycles. The lowest BCUT2D eigenvalue weighted by Gasteiger charge is -2.06. The summed E-state index contributed by atoms with van der Waals surface area (Å²) in [6.45, 7) is 2.82. The van der Waals surface area contributed by atoms with Crippen LogP contribution >= 0.6 is 0 Å². The van der Waals surface area contributed by atoms with E-state index in [1.54, 1.807) is 26.4 Å². The van der Waals surface area contributed by atoms with Crippen molar-refractivity contribution in [3.8, 4) is 5.75 Å². The van der Waals surface area contributed by atoms with Gasteiger partial charge in [0, 0.05) is 43.8 Å². The van der Waals surface area contributed by atoms with E-state index in [9.17, 15) is 5.11 Å². The van der Waals surface area contributed by atoms with E-state index < -0.39 is 0 Å². The largest absolute Gasteiger partial charge is 0.505 e. The second kappa shape index (κ2) is 6.98. The molecule has 0 atom stereocenters. The zero-order valence-corrected chi connectivity index (χ0v) is 10.2. The van der Waals surface area contributed by atoms with E-state index in [1.807, 2.05) is 0 Å². The van der Waals surface area contributed by atoms with Crippen molar-refractivity contribution >= 4 is 6.21 Å². The number of hydrogen-bond donors (Lipinski definition) is 2. The molecule has 5 nitrogen and oxygen atoms in total. The lowest BCUT2D eigenvalue weighted by Crippen LogP contribution is -1.99. The van der Waals surface area contributed by atoms with Gasteiger partial charge in [0.05, 0.1) is 12.3 Å². The molecule has 0 aliphatic carbocycles. The molecule has 1 aromatic heterocycles. The molecule has 0 fully saturated rings. The lowest BCUT2D eigenvalue weighted by atomic mass is 10.1. The van der Waals surface area contributed by atoms with Crippen LogP contribution in [0.4, 0.5) is 0 Å². The van der Waals surface area contributed by atoms with E-state index in [0.29, 0.717) is 30.0 Å². The number of hydrogen-bond acceptors (Lipinski definition) is 5. The van der Waals surface area contributed by atoms with Gasteiger partial charge in [-0.05, 0) is 13.3 Å². The number of aliphatic hydroxyl groups excluding tert-OH is 1. The first kappa shape index (κ1) is 13.6. The summed E-state index contributed by atoms with van der Waals surface area (Å²) < 4.78 is 4.91. The van der Waals surface area contributed by atoms with Crippen molar-refractivity contribution in [1.29, 1.82) is 0 Å². The molecule has 0 radical (unpaired) electrons. The van der Waals surface area contributed by atoms with Crippen LogP contribution in [-0.4, -0.2) is 41.7 Å². The molecule has 94 valence electrons. The molecule has 0 aromatic carbocycles. The molecule has 2 N–H and O–H groups in total. The molecule has 0 saturated heterocycles. The average molecular weight is 238 g/mol. The normalized spacial score (nSPS) is 11.2. The highest BCUT2D eigenvalue weighted by Gasteiger charge is 2.08. The number of ether oxygens (including phenoxy) is 1. The van der Waals surface area contributed by atoms with Crippen LogP contribution < -0.4 is 0 Å². The van der Waals surface area contributed by atoms with E-state index >= 15 is 0 Å². The van der Waals surface area contributed by atoms with Crippen LogP contribution in [0, 0.1) is 6.92 Å². The lowest BCUT2D eigenvalue weighted by molar-refractivity contribution is 0.197. The predicted molar refractivity (Wildman–Crippen MR) is 65.5 cm³/mol. The van der Waals surface area contributed by atoms with Crippen LogP contribution in [-0.2, 0) is 11.3 Å². The molecule has 0 spiro atoms. The van der Waals surface area contributed by atoms with Gasteiger partial charge in [-0.2, -0.15) is 0 Å². The number of aromatic nitrogens is 1. The van der Waals surface area contributed by atoms with Crippen molar-refractivity contribution in [2.45, 2.75) is 20.0 Å². The maximum absolute atomic E-state index is 9.82. The summed E-state index contributed by atoms with van der Waals surface area (Å²) in [7, 11) is 1.64. The minimum Gasteiger partial charge on any atom is -0.505 e. The number of aromatic hydroxyl groups is 1. The molecule has 17 heavy (non-hydrogen) atoms. The molecular formula is C12H18N2O3. The van der Waals surface area contributed by atoms with E-state index in [2.05, 4.69) is 9.98 Å². The Hall–Kier alpha value is -1.46. The Labute approximate surface area is 101 Å². The second-order valence-electron chi connectivity index (χ2n) is 3.67. The molecule has 0 amide bonds. The van der Waals surface area contributed by atoms with Gasteiger partial charge in [0.2, 0.25) is 0 Å². The highest BCUT2D eigenvalue weighted by molar-refractivity contribution is 5.85. The summed E-state index contributed by atoms with van der Waals surface area (Å²) in [4.78, 5) is 8.16. The zero-order valence-electron chi connectivity index (χ0n) is 10.2. The summed E-state index contributed by atoms with van der Waals surface area (Å²) in [6.07, 6.45) is 3.95. The number of aryl methyl sites for hydroxylation is 1. The molecular weight excluding hydrogens is 220 g/mol. The fourth-order valence-electron chi connectivity index (χ4n) is 1.38. The van der Waals surface area contributed by atoms with Crippen LogP contribution in [0.25, 0.3) is 0 Å². The van der Waals surface area contributed by atoms with E-state index in [-0.39, 0.29) is 12.4 Å². The molecule has 1 aromatic rings. The van der Waals surface area contributed by atoms with Crippen LogP contribution in [0.1, 0.15) is 23.2 Å². The van der Waals surface area contributed by atoms with Crippen molar-refractivity contribution in [1.82, 2.24) is 4.98 Å². The van der Waals surface area contributed by atoms with Gasteiger partial charge in [0.15, 0.2) is 0 Å². The number of pyridine rings is 1. The van der Waals surface area contributed by atoms with E-state index in [0.717, 1.165) is 6.42 Å². The van der Waals surface area contributed by atoms with Crippen molar-refractivity contribution < 1.29 is 14.9 Å². The predicted octanol–water partition coefficient (Wildman–Crippen LogP) is 1.04. The Balaban J connectivity index is 2.78. The summed E-state index contributed by atoms with van der Waals surface area (Å²) in [5, 5.41) is 19.0. The van der Waals surface area contributed by atoms with Gasteiger partial charge < -0.3 is 14.9 Å². The minimum absolute atomic E-state index is 0.0760. The average Bonchev–Trinajstić information content (AvgIpc) is 2.34. The van der Waals surface area contributed by atoms with Gasteiger partial charge in [-0.3, -0.25) is 9.98 Å². The molecule has 1 heterocycles. The fourth-order valence-corrected chi connectivity index (χ4v) is 1.38. The van der Waals surface area contributed by atoms with Crippen LogP contribution in [0.5, 0.6) is 5.75 Å². The number of aliphatic hydroxyl groups is 1. The van der Waals surface area contributed by atoms with Crippen LogP contribution in [0.2, 0.25) is 0 Å². The van der Waals surface area contributed by atoms with Crippen LogP contribution in [0.3, 0.4) is 0 Å². The topological polar surface area (TPSA) is 74.9 Å². The van der Waals surface area contributed by atoms with Gasteiger partial charge in [0.1, 0.15) is 5.75 Å². The minimum atomic E-state index is -0.166. The third-order valence-corrected chi connectivity index (χ3v) is 2.38. The van der Waals surface area contributed by atoms with Gasteiger partial charge in [-0.15, -0.1) is 0 Å². The third-order valence-electron chi connectivity index (χ3n) is 2.38. The van der Waals surface area contributed by atoms with Crippen molar-refractivity contribution in [3.63, 3.8) is 0 Å². The van der Waals surface area contributed by atoms with E-state index in [1.165, 1.54) is 0 Å². The molecule has 5 heteroatoms. The maximum Gasteiger partial charge on any atom is 0.145 e. The van der Waals surface area contributed by atoms with E-state index in [4.69, 9.17) is 9.84 Å². The number of rotatable bonds is 6. The highest BCUT2D eigenvalue weighted by Crippen LogP contribution is 2.21. The Morgan fingerprint density at radius 3 is 2.94 bits per heavy atom. The standard InChI is InChI=1S/C12H18N2O3/c1-9-12(16)11(10(8-15)6-14-9)7-13-4-3-5-17-2/h6-7,15-16H,3-5,8H2,1-2H3. The first-order chi connectivity index (χ1) is 8.20. The summed E-state index contributed by atoms with van der Waals surface area (Å²) in [5.41, 5.74) is 1.64. The first-order valence-electron chi connectivity index (χ1n) is 5.47. The fraction of sp³-hybridized carbons (Fsp3) is 0.500. The monoisotopic (exact) mass is 238 g/mol. The number of aliphatic imine (C=N–C) groups is 1. The zero-order chi connectivity index (χ0) is 12.7. The molecule has 0 aliphatic rings.